The lowest BCUT2D eigenvalue weighted by molar-refractivity contribution is -0.136. The monoisotopic (exact) mass is 412 g/mol. The number of fused-ring (bicyclic) bond motifs is 1. The van der Waals surface area contributed by atoms with Gasteiger partial charge in [0.2, 0.25) is 11.8 Å². The molecule has 2 fully saturated rings. The van der Waals surface area contributed by atoms with Crippen LogP contribution in [-0.2, 0) is 22.7 Å². The molecule has 3 amide bonds. The number of rotatable bonds is 8. The summed E-state index contributed by atoms with van der Waals surface area (Å²) in [5.41, 5.74) is 2.80. The van der Waals surface area contributed by atoms with Crippen LogP contribution in [0.3, 0.4) is 0 Å². The van der Waals surface area contributed by atoms with E-state index in [2.05, 4.69) is 22.0 Å². The second kappa shape index (κ2) is 9.71. The highest BCUT2D eigenvalue weighted by molar-refractivity contribution is 6.05. The van der Waals surface area contributed by atoms with Gasteiger partial charge in [-0.1, -0.05) is 25.0 Å². The zero-order valence-electron chi connectivity index (χ0n) is 17.5. The van der Waals surface area contributed by atoms with Crippen molar-refractivity contribution in [2.75, 3.05) is 19.6 Å². The summed E-state index contributed by atoms with van der Waals surface area (Å²) in [6.45, 7) is 4.57. The quantitative estimate of drug-likeness (QED) is 0.447. The number of nitrogens with one attached hydrogen (secondary N) is 3. The zero-order chi connectivity index (χ0) is 20.9. The van der Waals surface area contributed by atoms with Gasteiger partial charge in [-0.05, 0) is 68.4 Å². The molecule has 0 spiro atoms. The first-order valence-electron chi connectivity index (χ1n) is 11.3. The normalized spacial score (nSPS) is 22.3. The van der Waals surface area contributed by atoms with Crippen molar-refractivity contribution in [1.82, 2.24) is 20.9 Å². The molecular weight excluding hydrogens is 380 g/mol. The van der Waals surface area contributed by atoms with E-state index in [9.17, 15) is 14.4 Å². The Labute approximate surface area is 178 Å². The fraction of sp³-hybridized carbons (Fsp3) is 0.609. The minimum atomic E-state index is -0.552. The summed E-state index contributed by atoms with van der Waals surface area (Å²) in [7, 11) is 0. The third-order valence-electron chi connectivity index (χ3n) is 6.59. The number of carbonyl (C=O) groups is 3. The van der Waals surface area contributed by atoms with Crippen LogP contribution in [-0.4, -0.2) is 48.3 Å². The lowest BCUT2D eigenvalue weighted by Crippen LogP contribution is -2.52. The highest BCUT2D eigenvalue weighted by Gasteiger charge is 2.38. The van der Waals surface area contributed by atoms with Crippen molar-refractivity contribution in [3.63, 3.8) is 0 Å². The minimum absolute atomic E-state index is 0.114. The molecule has 0 radical (unpaired) electrons. The first kappa shape index (κ1) is 21.0. The van der Waals surface area contributed by atoms with E-state index >= 15 is 0 Å². The third kappa shape index (κ3) is 4.90. The molecule has 1 aromatic rings. The maximum atomic E-state index is 12.7. The summed E-state index contributed by atoms with van der Waals surface area (Å²) in [6.07, 6.45) is 7.11. The first-order valence-corrected chi connectivity index (χ1v) is 11.3. The average Bonchev–Trinajstić information content (AvgIpc) is 3.07. The standard InChI is InChI=1S/C23H32N4O3/c28-21-7-6-20(22(29)26-21)27-15-18-13-17(4-5-19(18)23(27)30)14-25-10-2-1-3-16-8-11-24-12-9-16/h4-5,13,16,20,24-25H,1-3,6-12,14-15H2,(H,26,28,29). The summed E-state index contributed by atoms with van der Waals surface area (Å²) >= 11 is 0. The molecule has 7 nitrogen and oxygen atoms in total. The molecule has 4 rings (SSSR count). The van der Waals surface area contributed by atoms with Gasteiger partial charge in [-0.25, -0.2) is 0 Å². The van der Waals surface area contributed by atoms with Gasteiger partial charge in [0.1, 0.15) is 6.04 Å². The Morgan fingerprint density at radius 3 is 2.70 bits per heavy atom. The predicted molar refractivity (Wildman–Crippen MR) is 114 cm³/mol. The molecule has 1 atom stereocenters. The van der Waals surface area contributed by atoms with Crippen LogP contribution in [0.4, 0.5) is 0 Å². The van der Waals surface area contributed by atoms with Crippen LogP contribution in [0.5, 0.6) is 0 Å². The Bertz CT molecular complexity index is 804. The number of hydrogen-bond donors (Lipinski definition) is 3. The summed E-state index contributed by atoms with van der Waals surface area (Å²) in [5.74, 6) is 0.160. The summed E-state index contributed by atoms with van der Waals surface area (Å²) in [6, 6.07) is 5.38. The van der Waals surface area contributed by atoms with E-state index in [4.69, 9.17) is 0 Å². The second-order valence-electron chi connectivity index (χ2n) is 8.76. The van der Waals surface area contributed by atoms with E-state index in [1.54, 1.807) is 4.90 Å². The van der Waals surface area contributed by atoms with Crippen molar-refractivity contribution >= 4 is 17.7 Å². The maximum absolute atomic E-state index is 12.7. The summed E-state index contributed by atoms with van der Waals surface area (Å²) in [4.78, 5) is 37.9. The van der Waals surface area contributed by atoms with Crippen molar-refractivity contribution in [2.45, 2.75) is 64.1 Å². The number of piperidine rings is 2. The Hall–Kier alpha value is -2.25. The predicted octanol–water partition coefficient (Wildman–Crippen LogP) is 1.71. The van der Waals surface area contributed by atoms with Crippen LogP contribution in [0.15, 0.2) is 18.2 Å². The van der Waals surface area contributed by atoms with Gasteiger partial charge in [0.05, 0.1) is 0 Å². The number of carbonyl (C=O) groups excluding carboxylic acids is 3. The van der Waals surface area contributed by atoms with Gasteiger partial charge < -0.3 is 15.5 Å². The van der Waals surface area contributed by atoms with Crippen LogP contribution < -0.4 is 16.0 Å². The molecule has 0 saturated carbocycles. The number of nitrogens with zero attached hydrogens (tertiary/aromatic N) is 1. The van der Waals surface area contributed by atoms with Crippen LogP contribution in [0.1, 0.15) is 66.4 Å². The van der Waals surface area contributed by atoms with Gasteiger partial charge in [0.25, 0.3) is 5.91 Å². The van der Waals surface area contributed by atoms with E-state index in [1.165, 1.54) is 45.2 Å². The average molecular weight is 413 g/mol. The molecule has 0 bridgehead atoms. The Kier molecular flexibility index (Phi) is 6.79. The van der Waals surface area contributed by atoms with E-state index in [-0.39, 0.29) is 24.1 Å². The zero-order valence-corrected chi connectivity index (χ0v) is 17.5. The lowest BCUT2D eigenvalue weighted by atomic mass is 9.92. The molecule has 1 aromatic carbocycles. The largest absolute Gasteiger partial charge is 0.322 e. The number of imide groups is 1. The van der Waals surface area contributed by atoms with Crippen LogP contribution in [0.2, 0.25) is 0 Å². The SMILES string of the molecule is O=C1CCC(N2Cc3cc(CNCCCCC4CCNCC4)ccc3C2=O)C(=O)N1. The van der Waals surface area contributed by atoms with E-state index in [0.717, 1.165) is 30.1 Å². The molecule has 30 heavy (non-hydrogen) atoms. The van der Waals surface area contributed by atoms with Gasteiger partial charge in [-0.3, -0.25) is 19.7 Å². The fourth-order valence-corrected chi connectivity index (χ4v) is 4.82. The highest BCUT2D eigenvalue weighted by atomic mass is 16.2. The van der Waals surface area contributed by atoms with Crippen molar-refractivity contribution < 1.29 is 14.4 Å². The van der Waals surface area contributed by atoms with E-state index < -0.39 is 6.04 Å². The molecule has 7 heteroatoms. The van der Waals surface area contributed by atoms with Crippen LogP contribution >= 0.6 is 0 Å². The molecule has 2 saturated heterocycles. The molecule has 0 aliphatic carbocycles. The molecule has 1 unspecified atom stereocenters. The van der Waals surface area contributed by atoms with Crippen molar-refractivity contribution in [3.8, 4) is 0 Å². The summed E-state index contributed by atoms with van der Waals surface area (Å²) < 4.78 is 0. The fourth-order valence-electron chi connectivity index (χ4n) is 4.82. The molecule has 3 aliphatic rings. The van der Waals surface area contributed by atoms with E-state index in [1.807, 2.05) is 12.1 Å². The molecule has 0 aromatic heterocycles. The molecule has 162 valence electrons. The Balaban J connectivity index is 1.23. The number of unbranched alkanes of at least 4 members (excludes halogenated alkanes) is 1. The van der Waals surface area contributed by atoms with Crippen molar-refractivity contribution in [3.05, 3.63) is 34.9 Å². The van der Waals surface area contributed by atoms with Crippen molar-refractivity contribution in [1.29, 1.82) is 0 Å². The molecule has 3 aliphatic heterocycles. The Morgan fingerprint density at radius 1 is 1.07 bits per heavy atom. The second-order valence-corrected chi connectivity index (χ2v) is 8.76. The topological polar surface area (TPSA) is 90.5 Å². The van der Waals surface area contributed by atoms with Crippen molar-refractivity contribution in [2.24, 2.45) is 5.92 Å². The maximum Gasteiger partial charge on any atom is 0.255 e. The lowest BCUT2D eigenvalue weighted by Gasteiger charge is -2.29. The first-order chi connectivity index (χ1) is 14.6. The van der Waals surface area contributed by atoms with Gasteiger partial charge in [-0.15, -0.1) is 0 Å². The van der Waals surface area contributed by atoms with Gasteiger partial charge in [-0.2, -0.15) is 0 Å². The van der Waals surface area contributed by atoms with E-state index in [0.29, 0.717) is 18.5 Å². The van der Waals surface area contributed by atoms with Crippen LogP contribution in [0, 0.1) is 5.92 Å². The Morgan fingerprint density at radius 2 is 1.90 bits per heavy atom. The molecule has 3 N–H and O–H groups in total. The summed E-state index contributed by atoms with van der Waals surface area (Å²) in [5, 5.41) is 9.28. The molecule has 3 heterocycles. The number of benzene rings is 1. The highest BCUT2D eigenvalue weighted by Crippen LogP contribution is 2.28. The minimum Gasteiger partial charge on any atom is -0.322 e. The van der Waals surface area contributed by atoms with Gasteiger partial charge >= 0.3 is 0 Å². The van der Waals surface area contributed by atoms with Gasteiger partial charge in [0, 0.05) is 25.1 Å². The number of amides is 3. The number of hydrogen-bond acceptors (Lipinski definition) is 5. The van der Waals surface area contributed by atoms with Crippen LogP contribution in [0.25, 0.3) is 0 Å². The smallest absolute Gasteiger partial charge is 0.255 e. The van der Waals surface area contributed by atoms with Gasteiger partial charge in [0.15, 0.2) is 0 Å². The third-order valence-corrected chi connectivity index (χ3v) is 6.59. The molecular formula is C23H32N4O3.